The first-order valence-electron chi connectivity index (χ1n) is 2.70. The molecular formula is C7H10N2O. The van der Waals surface area contributed by atoms with Crippen molar-refractivity contribution in [1.29, 1.82) is 0 Å². The van der Waals surface area contributed by atoms with E-state index >= 15 is 0 Å². The summed E-state index contributed by atoms with van der Waals surface area (Å²) in [6, 6.07) is -0.361. The highest BCUT2D eigenvalue weighted by atomic mass is 16.2. The standard InChI is InChI=1S/C7H10N2O/c1-4-6(3)9-7(10)8-5-2/h4-5H,1-3H2,(H2,8,9,10). The Morgan fingerprint density at radius 3 is 2.40 bits per heavy atom. The lowest BCUT2D eigenvalue weighted by atomic mass is 10.5. The molecule has 0 saturated carbocycles. The van der Waals surface area contributed by atoms with Gasteiger partial charge in [-0.15, -0.1) is 0 Å². The van der Waals surface area contributed by atoms with Crippen LogP contribution >= 0.6 is 0 Å². The maximum Gasteiger partial charge on any atom is 0.323 e. The van der Waals surface area contributed by atoms with E-state index < -0.39 is 0 Å². The van der Waals surface area contributed by atoms with E-state index in [4.69, 9.17) is 0 Å². The van der Waals surface area contributed by atoms with E-state index in [0.717, 1.165) is 0 Å². The lowest BCUT2D eigenvalue weighted by molar-refractivity contribution is 0.247. The Kier molecular flexibility index (Phi) is 3.72. The van der Waals surface area contributed by atoms with Gasteiger partial charge in [0.1, 0.15) is 0 Å². The molecule has 0 rings (SSSR count). The van der Waals surface area contributed by atoms with Crippen LogP contribution in [0.2, 0.25) is 0 Å². The van der Waals surface area contributed by atoms with Crippen molar-refractivity contribution in [3.8, 4) is 0 Å². The maximum atomic E-state index is 10.6. The van der Waals surface area contributed by atoms with E-state index in [1.54, 1.807) is 0 Å². The fourth-order valence-electron chi connectivity index (χ4n) is 0.326. The molecule has 0 aromatic heterocycles. The van der Waals surface area contributed by atoms with Crippen molar-refractivity contribution in [2.24, 2.45) is 0 Å². The lowest BCUT2D eigenvalue weighted by Crippen LogP contribution is -2.30. The second-order valence-electron chi connectivity index (χ2n) is 1.53. The molecule has 3 nitrogen and oxygen atoms in total. The summed E-state index contributed by atoms with van der Waals surface area (Å²) < 4.78 is 0. The van der Waals surface area contributed by atoms with Crippen LogP contribution in [-0.4, -0.2) is 6.03 Å². The fourth-order valence-corrected chi connectivity index (χ4v) is 0.326. The van der Waals surface area contributed by atoms with Crippen molar-refractivity contribution < 1.29 is 4.79 Å². The van der Waals surface area contributed by atoms with E-state index in [9.17, 15) is 4.79 Å². The second kappa shape index (κ2) is 4.38. The normalized spacial score (nSPS) is 7.60. The van der Waals surface area contributed by atoms with E-state index in [0.29, 0.717) is 5.70 Å². The lowest BCUT2D eigenvalue weighted by Gasteiger charge is -2.01. The molecule has 0 atom stereocenters. The molecule has 0 aliphatic heterocycles. The van der Waals surface area contributed by atoms with Crippen LogP contribution in [-0.2, 0) is 0 Å². The van der Waals surface area contributed by atoms with Gasteiger partial charge < -0.3 is 10.6 Å². The van der Waals surface area contributed by atoms with Crippen molar-refractivity contribution in [1.82, 2.24) is 10.6 Å². The quantitative estimate of drug-likeness (QED) is 0.564. The third-order valence-corrected chi connectivity index (χ3v) is 0.754. The third-order valence-electron chi connectivity index (χ3n) is 0.754. The van der Waals surface area contributed by atoms with Crippen molar-refractivity contribution in [2.75, 3.05) is 0 Å². The number of amides is 2. The first kappa shape index (κ1) is 8.49. The number of rotatable bonds is 3. The highest BCUT2D eigenvalue weighted by Gasteiger charge is 1.93. The first-order valence-corrected chi connectivity index (χ1v) is 2.70. The zero-order chi connectivity index (χ0) is 7.98. The predicted molar refractivity (Wildman–Crippen MR) is 41.2 cm³/mol. The summed E-state index contributed by atoms with van der Waals surface area (Å²) >= 11 is 0. The minimum absolute atomic E-state index is 0.361. The van der Waals surface area contributed by atoms with Gasteiger partial charge in [-0.2, -0.15) is 0 Å². The molecule has 0 aromatic rings. The molecule has 0 saturated heterocycles. The summed E-state index contributed by atoms with van der Waals surface area (Å²) in [4.78, 5) is 10.6. The van der Waals surface area contributed by atoms with Crippen molar-refractivity contribution in [2.45, 2.75) is 0 Å². The molecule has 0 unspecified atom stereocenters. The molecule has 54 valence electrons. The summed E-state index contributed by atoms with van der Waals surface area (Å²) in [5.74, 6) is 0. The molecule has 0 spiro atoms. The van der Waals surface area contributed by atoms with E-state index in [1.165, 1.54) is 12.3 Å². The number of carbonyl (C=O) groups is 1. The van der Waals surface area contributed by atoms with Gasteiger partial charge in [0.15, 0.2) is 0 Å². The molecule has 0 aliphatic rings. The van der Waals surface area contributed by atoms with Gasteiger partial charge in [-0.25, -0.2) is 4.79 Å². The molecular weight excluding hydrogens is 128 g/mol. The molecule has 2 N–H and O–H groups in total. The van der Waals surface area contributed by atoms with Gasteiger partial charge >= 0.3 is 6.03 Å². The predicted octanol–water partition coefficient (Wildman–Crippen LogP) is 1.13. The zero-order valence-electron chi connectivity index (χ0n) is 5.68. The van der Waals surface area contributed by atoms with Gasteiger partial charge in [-0.1, -0.05) is 19.7 Å². The number of hydrogen-bond donors (Lipinski definition) is 2. The summed E-state index contributed by atoms with van der Waals surface area (Å²) in [6.07, 6.45) is 2.73. The number of hydrogen-bond acceptors (Lipinski definition) is 1. The van der Waals surface area contributed by atoms with Crippen LogP contribution in [0.5, 0.6) is 0 Å². The molecule has 0 heterocycles. The molecule has 10 heavy (non-hydrogen) atoms. The van der Waals surface area contributed by atoms with Crippen LogP contribution in [0.25, 0.3) is 0 Å². The minimum Gasteiger partial charge on any atom is -0.315 e. The molecule has 0 aliphatic carbocycles. The van der Waals surface area contributed by atoms with Crippen LogP contribution in [0.4, 0.5) is 4.79 Å². The molecule has 0 radical (unpaired) electrons. The van der Waals surface area contributed by atoms with Crippen molar-refractivity contribution in [3.63, 3.8) is 0 Å². The van der Waals surface area contributed by atoms with Gasteiger partial charge in [-0.05, 0) is 12.3 Å². The van der Waals surface area contributed by atoms with Crippen LogP contribution in [0.1, 0.15) is 0 Å². The van der Waals surface area contributed by atoms with E-state index in [-0.39, 0.29) is 6.03 Å². The van der Waals surface area contributed by atoms with Gasteiger partial charge in [-0.3, -0.25) is 0 Å². The summed E-state index contributed by atoms with van der Waals surface area (Å²) in [5.41, 5.74) is 0.458. The van der Waals surface area contributed by atoms with E-state index in [1.807, 2.05) is 0 Å². The molecule has 0 bridgehead atoms. The summed E-state index contributed by atoms with van der Waals surface area (Å²) in [5, 5.41) is 4.71. The van der Waals surface area contributed by atoms with Gasteiger partial charge in [0.05, 0.1) is 0 Å². The Morgan fingerprint density at radius 2 is 2.00 bits per heavy atom. The minimum atomic E-state index is -0.361. The smallest absolute Gasteiger partial charge is 0.315 e. The number of carbonyl (C=O) groups excluding carboxylic acids is 1. The topological polar surface area (TPSA) is 41.1 Å². The van der Waals surface area contributed by atoms with Crippen molar-refractivity contribution >= 4 is 6.03 Å². The number of nitrogens with one attached hydrogen (secondary N) is 2. The van der Waals surface area contributed by atoms with Gasteiger partial charge in [0.2, 0.25) is 0 Å². The van der Waals surface area contributed by atoms with Crippen molar-refractivity contribution in [3.05, 3.63) is 37.7 Å². The van der Waals surface area contributed by atoms with Crippen LogP contribution in [0, 0.1) is 0 Å². The summed E-state index contributed by atoms with van der Waals surface area (Å²) in [6.45, 7) is 10.2. The maximum absolute atomic E-state index is 10.6. The SMILES string of the molecule is C=CNC(=O)NC(=C)C=C. The first-order chi connectivity index (χ1) is 4.70. The monoisotopic (exact) mass is 138 g/mol. The van der Waals surface area contributed by atoms with Crippen LogP contribution in [0.3, 0.4) is 0 Å². The third kappa shape index (κ3) is 3.49. The Labute approximate surface area is 60.1 Å². The number of allylic oxidation sites excluding steroid dienone is 1. The molecule has 2 amide bonds. The molecule has 0 fully saturated rings. The van der Waals surface area contributed by atoms with Gasteiger partial charge in [0, 0.05) is 5.70 Å². The Hall–Kier alpha value is -1.51. The average Bonchev–Trinajstić information content (AvgIpc) is 1.88. The molecule has 0 aromatic carbocycles. The largest absolute Gasteiger partial charge is 0.323 e. The summed E-state index contributed by atoms with van der Waals surface area (Å²) in [7, 11) is 0. The van der Waals surface area contributed by atoms with Gasteiger partial charge in [0.25, 0.3) is 0 Å². The van der Waals surface area contributed by atoms with E-state index in [2.05, 4.69) is 30.4 Å². The Bertz CT molecular complexity index is 172. The Balaban J connectivity index is 3.67. The highest BCUT2D eigenvalue weighted by molar-refractivity contribution is 5.77. The second-order valence-corrected chi connectivity index (χ2v) is 1.53. The van der Waals surface area contributed by atoms with Crippen LogP contribution < -0.4 is 10.6 Å². The zero-order valence-corrected chi connectivity index (χ0v) is 5.68. The fraction of sp³-hybridized carbons (Fsp3) is 0. The average molecular weight is 138 g/mol. The highest BCUT2D eigenvalue weighted by Crippen LogP contribution is 1.81. The van der Waals surface area contributed by atoms with Crippen LogP contribution in [0.15, 0.2) is 37.7 Å². The number of urea groups is 1. The molecule has 3 heteroatoms. The Morgan fingerprint density at radius 1 is 1.40 bits per heavy atom.